The lowest BCUT2D eigenvalue weighted by molar-refractivity contribution is 0.0838. The van der Waals surface area contributed by atoms with Crippen LogP contribution in [0.3, 0.4) is 0 Å². The zero-order valence-corrected chi connectivity index (χ0v) is 8.09. The lowest BCUT2D eigenvalue weighted by atomic mass is 10.0. The summed E-state index contributed by atoms with van der Waals surface area (Å²) in [5.41, 5.74) is -0.548. The smallest absolute Gasteiger partial charge is 0.0626 e. The largest absolute Gasteiger partial charge is 0.390 e. The SMILES string of the molecule is CC(C)CC=CCC(C)(C)O. The van der Waals surface area contributed by atoms with Crippen LogP contribution >= 0.6 is 0 Å². The molecule has 0 saturated carbocycles. The highest BCUT2D eigenvalue weighted by Crippen LogP contribution is 2.09. The van der Waals surface area contributed by atoms with E-state index >= 15 is 0 Å². The topological polar surface area (TPSA) is 20.2 Å². The summed E-state index contributed by atoms with van der Waals surface area (Å²) in [6.07, 6.45) is 6.05. The molecule has 0 unspecified atom stereocenters. The lowest BCUT2D eigenvalue weighted by Gasteiger charge is -2.13. The van der Waals surface area contributed by atoms with Crippen LogP contribution in [0, 0.1) is 5.92 Å². The number of aliphatic hydroxyl groups is 1. The predicted molar refractivity (Wildman–Crippen MR) is 49.5 cm³/mol. The van der Waals surface area contributed by atoms with Crippen molar-refractivity contribution in [2.24, 2.45) is 5.92 Å². The molecule has 1 heteroatoms. The molecule has 0 aromatic rings. The van der Waals surface area contributed by atoms with E-state index in [1.54, 1.807) is 0 Å². The van der Waals surface area contributed by atoms with Gasteiger partial charge in [-0.3, -0.25) is 0 Å². The van der Waals surface area contributed by atoms with Crippen molar-refractivity contribution < 1.29 is 5.11 Å². The Balaban J connectivity index is 3.46. The van der Waals surface area contributed by atoms with E-state index in [-0.39, 0.29) is 0 Å². The maximum absolute atomic E-state index is 9.33. The van der Waals surface area contributed by atoms with Crippen LogP contribution < -0.4 is 0 Å². The fourth-order valence-electron chi connectivity index (χ4n) is 0.740. The van der Waals surface area contributed by atoms with Gasteiger partial charge >= 0.3 is 0 Å². The van der Waals surface area contributed by atoms with Crippen LogP contribution in [-0.2, 0) is 0 Å². The Morgan fingerprint density at radius 1 is 1.27 bits per heavy atom. The van der Waals surface area contributed by atoms with Crippen LogP contribution in [0.1, 0.15) is 40.5 Å². The molecule has 1 N–H and O–H groups in total. The third kappa shape index (κ3) is 9.70. The lowest BCUT2D eigenvalue weighted by Crippen LogP contribution is -2.16. The van der Waals surface area contributed by atoms with Gasteiger partial charge in [-0.05, 0) is 32.6 Å². The molecule has 0 fully saturated rings. The monoisotopic (exact) mass is 156 g/mol. The number of hydrogen-bond acceptors (Lipinski definition) is 1. The minimum atomic E-state index is -0.548. The van der Waals surface area contributed by atoms with Crippen molar-refractivity contribution in [2.75, 3.05) is 0 Å². The van der Waals surface area contributed by atoms with Gasteiger partial charge in [-0.15, -0.1) is 0 Å². The van der Waals surface area contributed by atoms with Crippen LogP contribution in [-0.4, -0.2) is 10.7 Å². The molecule has 0 saturated heterocycles. The average molecular weight is 156 g/mol. The Kier molecular flexibility index (Phi) is 4.43. The fraction of sp³-hybridized carbons (Fsp3) is 0.800. The van der Waals surface area contributed by atoms with Gasteiger partial charge in [0.1, 0.15) is 0 Å². The second-order valence-corrected chi connectivity index (χ2v) is 4.12. The summed E-state index contributed by atoms with van der Waals surface area (Å²) in [7, 11) is 0. The maximum atomic E-state index is 9.33. The molecule has 0 aliphatic rings. The van der Waals surface area contributed by atoms with Crippen molar-refractivity contribution >= 4 is 0 Å². The predicted octanol–water partition coefficient (Wildman–Crippen LogP) is 2.75. The molecule has 0 bridgehead atoms. The standard InChI is InChI=1S/C10H20O/c1-9(2)7-5-6-8-10(3,4)11/h5-6,9,11H,7-8H2,1-4H3. The number of rotatable bonds is 4. The molecular weight excluding hydrogens is 136 g/mol. The van der Waals surface area contributed by atoms with Gasteiger partial charge in [-0.1, -0.05) is 26.0 Å². The molecule has 0 aliphatic heterocycles. The molecular formula is C10H20O. The van der Waals surface area contributed by atoms with Gasteiger partial charge in [-0.2, -0.15) is 0 Å². The Labute approximate surface area is 70.1 Å². The number of allylic oxidation sites excluding steroid dienone is 1. The van der Waals surface area contributed by atoms with E-state index in [0.29, 0.717) is 5.92 Å². The number of hydrogen-bond donors (Lipinski definition) is 1. The maximum Gasteiger partial charge on any atom is 0.0626 e. The van der Waals surface area contributed by atoms with Gasteiger partial charge in [0.15, 0.2) is 0 Å². The van der Waals surface area contributed by atoms with Crippen molar-refractivity contribution in [3.05, 3.63) is 12.2 Å². The van der Waals surface area contributed by atoms with E-state index in [4.69, 9.17) is 0 Å². The molecule has 0 heterocycles. The Bertz CT molecular complexity index is 117. The van der Waals surface area contributed by atoms with Crippen molar-refractivity contribution in [1.29, 1.82) is 0 Å². The van der Waals surface area contributed by atoms with Crippen LogP contribution in [0.4, 0.5) is 0 Å². The highest BCUT2D eigenvalue weighted by atomic mass is 16.3. The summed E-state index contributed by atoms with van der Waals surface area (Å²) in [6.45, 7) is 8.03. The van der Waals surface area contributed by atoms with Gasteiger partial charge in [0.25, 0.3) is 0 Å². The van der Waals surface area contributed by atoms with Crippen molar-refractivity contribution in [1.82, 2.24) is 0 Å². The molecule has 0 spiro atoms. The molecule has 66 valence electrons. The average Bonchev–Trinajstić information content (AvgIpc) is 1.78. The van der Waals surface area contributed by atoms with Gasteiger partial charge in [-0.25, -0.2) is 0 Å². The normalized spacial score (nSPS) is 13.3. The molecule has 0 aliphatic carbocycles. The third-order valence-corrected chi connectivity index (χ3v) is 1.39. The summed E-state index contributed by atoms with van der Waals surface area (Å²) >= 11 is 0. The van der Waals surface area contributed by atoms with Crippen LogP contribution in [0.25, 0.3) is 0 Å². The molecule has 0 aromatic heterocycles. The molecule has 0 atom stereocenters. The highest BCUT2D eigenvalue weighted by Gasteiger charge is 2.08. The highest BCUT2D eigenvalue weighted by molar-refractivity contribution is 4.87. The van der Waals surface area contributed by atoms with E-state index in [0.717, 1.165) is 12.8 Å². The second-order valence-electron chi connectivity index (χ2n) is 4.12. The van der Waals surface area contributed by atoms with Gasteiger partial charge in [0.2, 0.25) is 0 Å². The molecule has 0 aromatic carbocycles. The van der Waals surface area contributed by atoms with Gasteiger partial charge < -0.3 is 5.11 Å². The van der Waals surface area contributed by atoms with Crippen LogP contribution in [0.15, 0.2) is 12.2 Å². The van der Waals surface area contributed by atoms with Crippen LogP contribution in [0.5, 0.6) is 0 Å². The molecule has 0 radical (unpaired) electrons. The quantitative estimate of drug-likeness (QED) is 0.620. The van der Waals surface area contributed by atoms with E-state index in [2.05, 4.69) is 26.0 Å². The zero-order chi connectivity index (χ0) is 8.91. The van der Waals surface area contributed by atoms with Gasteiger partial charge in [0.05, 0.1) is 5.60 Å². The summed E-state index contributed by atoms with van der Waals surface area (Å²) in [5, 5.41) is 9.33. The van der Waals surface area contributed by atoms with E-state index in [9.17, 15) is 5.11 Å². The van der Waals surface area contributed by atoms with Crippen molar-refractivity contribution in [2.45, 2.75) is 46.1 Å². The second kappa shape index (κ2) is 4.55. The molecule has 11 heavy (non-hydrogen) atoms. The van der Waals surface area contributed by atoms with Crippen LogP contribution in [0.2, 0.25) is 0 Å². The summed E-state index contributed by atoms with van der Waals surface area (Å²) in [5.74, 6) is 0.716. The van der Waals surface area contributed by atoms with E-state index in [1.165, 1.54) is 0 Å². The van der Waals surface area contributed by atoms with E-state index < -0.39 is 5.60 Å². The zero-order valence-electron chi connectivity index (χ0n) is 8.09. The minimum Gasteiger partial charge on any atom is -0.390 e. The van der Waals surface area contributed by atoms with Crippen molar-refractivity contribution in [3.8, 4) is 0 Å². The Morgan fingerprint density at radius 2 is 1.82 bits per heavy atom. The van der Waals surface area contributed by atoms with Gasteiger partial charge in [0, 0.05) is 0 Å². The Hall–Kier alpha value is -0.300. The summed E-state index contributed by atoms with van der Waals surface area (Å²) in [6, 6.07) is 0. The van der Waals surface area contributed by atoms with Crippen molar-refractivity contribution in [3.63, 3.8) is 0 Å². The minimum absolute atomic E-state index is 0.548. The summed E-state index contributed by atoms with van der Waals surface area (Å²) in [4.78, 5) is 0. The van der Waals surface area contributed by atoms with E-state index in [1.807, 2.05) is 13.8 Å². The first-order valence-electron chi connectivity index (χ1n) is 4.29. The summed E-state index contributed by atoms with van der Waals surface area (Å²) < 4.78 is 0. The first-order chi connectivity index (χ1) is 4.92. The molecule has 1 nitrogen and oxygen atoms in total. The third-order valence-electron chi connectivity index (χ3n) is 1.39. The first-order valence-corrected chi connectivity index (χ1v) is 4.29. The Morgan fingerprint density at radius 3 is 2.18 bits per heavy atom. The molecule has 0 rings (SSSR count). The fourth-order valence-corrected chi connectivity index (χ4v) is 0.740. The first kappa shape index (κ1) is 10.7. The molecule has 0 amide bonds.